The summed E-state index contributed by atoms with van der Waals surface area (Å²) in [6.07, 6.45) is 3.40. The lowest BCUT2D eigenvalue weighted by Gasteiger charge is -2.16. The second-order valence-corrected chi connectivity index (χ2v) is 2.55. The molecule has 1 fully saturated rings. The molecule has 0 saturated carbocycles. The zero-order chi connectivity index (χ0) is 8.10. The lowest BCUT2D eigenvalue weighted by Crippen LogP contribution is -2.30. The monoisotopic (exact) mass is 155 g/mol. The van der Waals surface area contributed by atoms with Gasteiger partial charge in [-0.25, -0.2) is 0 Å². The highest BCUT2D eigenvalue weighted by Crippen LogP contribution is 2.02. The fourth-order valence-corrected chi connectivity index (χ4v) is 1.05. The van der Waals surface area contributed by atoms with Crippen LogP contribution in [0.1, 0.15) is 12.8 Å². The molecule has 0 aromatic carbocycles. The molecule has 62 valence electrons. The summed E-state index contributed by atoms with van der Waals surface area (Å²) >= 11 is 0. The van der Waals surface area contributed by atoms with Gasteiger partial charge in [0.1, 0.15) is 6.73 Å². The molecular weight excluding hydrogens is 142 g/mol. The Bertz CT molecular complexity index is 148. The average Bonchev–Trinajstić information content (AvgIpc) is 2.30. The van der Waals surface area contributed by atoms with Crippen molar-refractivity contribution in [3.63, 3.8) is 0 Å². The van der Waals surface area contributed by atoms with E-state index in [2.05, 4.69) is 6.58 Å². The number of carbonyl (C=O) groups is 1. The highest BCUT2D eigenvalue weighted by Gasteiger charge is 2.11. The van der Waals surface area contributed by atoms with E-state index in [0.717, 1.165) is 26.0 Å². The summed E-state index contributed by atoms with van der Waals surface area (Å²) in [5, 5.41) is 0. The van der Waals surface area contributed by atoms with Crippen molar-refractivity contribution in [3.8, 4) is 0 Å². The number of carbonyl (C=O) groups excluding carboxylic acids is 1. The van der Waals surface area contributed by atoms with Crippen LogP contribution in [-0.4, -0.2) is 30.7 Å². The molecule has 0 unspecified atom stereocenters. The van der Waals surface area contributed by atoms with E-state index in [-0.39, 0.29) is 5.91 Å². The van der Waals surface area contributed by atoms with E-state index >= 15 is 0 Å². The molecule has 0 N–H and O–H groups in total. The normalized spacial score (nSPS) is 19.1. The summed E-state index contributed by atoms with van der Waals surface area (Å²) in [4.78, 5) is 12.7. The first-order chi connectivity index (χ1) is 5.34. The van der Waals surface area contributed by atoms with Gasteiger partial charge in [-0.15, -0.1) is 0 Å². The number of hydrogen-bond acceptors (Lipinski definition) is 2. The topological polar surface area (TPSA) is 29.5 Å². The summed E-state index contributed by atoms with van der Waals surface area (Å²) < 4.78 is 5.19. The Kier molecular flexibility index (Phi) is 3.11. The molecule has 0 spiro atoms. The number of nitrogens with zero attached hydrogens (tertiary/aromatic N) is 1. The van der Waals surface area contributed by atoms with Crippen molar-refractivity contribution in [2.45, 2.75) is 12.8 Å². The van der Waals surface area contributed by atoms with Gasteiger partial charge in [0.15, 0.2) is 0 Å². The predicted molar refractivity (Wildman–Crippen MR) is 42.0 cm³/mol. The standard InChI is InChI=1S/C8H13NO2/c1-2-8(10)9-5-3-4-6-11-7-9/h2H,1,3-7H2. The number of ether oxygens (including phenoxy) is 1. The first-order valence-electron chi connectivity index (χ1n) is 3.83. The molecule has 1 saturated heterocycles. The second-order valence-electron chi connectivity index (χ2n) is 2.55. The minimum atomic E-state index is -0.0353. The SMILES string of the molecule is C=CC(=O)N1CCCCOC1. The van der Waals surface area contributed by atoms with E-state index in [1.807, 2.05) is 0 Å². The van der Waals surface area contributed by atoms with Gasteiger partial charge in [-0.3, -0.25) is 4.79 Å². The molecule has 0 aromatic heterocycles. The van der Waals surface area contributed by atoms with Crippen LogP contribution in [0.4, 0.5) is 0 Å². The Labute approximate surface area is 66.6 Å². The van der Waals surface area contributed by atoms with Crippen LogP contribution in [0, 0.1) is 0 Å². The van der Waals surface area contributed by atoms with Crippen LogP contribution in [0.5, 0.6) is 0 Å². The molecule has 3 nitrogen and oxygen atoms in total. The fraction of sp³-hybridized carbons (Fsp3) is 0.625. The zero-order valence-corrected chi connectivity index (χ0v) is 6.58. The third-order valence-corrected chi connectivity index (χ3v) is 1.70. The molecule has 1 aliphatic heterocycles. The van der Waals surface area contributed by atoms with Crippen molar-refractivity contribution < 1.29 is 9.53 Å². The fourth-order valence-electron chi connectivity index (χ4n) is 1.05. The van der Waals surface area contributed by atoms with Crippen molar-refractivity contribution in [2.24, 2.45) is 0 Å². The predicted octanol–water partition coefficient (Wildman–Crippen LogP) is 0.769. The van der Waals surface area contributed by atoms with Gasteiger partial charge in [-0.2, -0.15) is 0 Å². The van der Waals surface area contributed by atoms with Gasteiger partial charge >= 0.3 is 0 Å². The van der Waals surface area contributed by atoms with Crippen LogP contribution in [0.3, 0.4) is 0 Å². The second kappa shape index (κ2) is 4.13. The Hall–Kier alpha value is -0.830. The minimum Gasteiger partial charge on any atom is -0.361 e. The van der Waals surface area contributed by atoms with Crippen LogP contribution >= 0.6 is 0 Å². The maximum Gasteiger partial charge on any atom is 0.247 e. The highest BCUT2D eigenvalue weighted by molar-refractivity contribution is 5.86. The number of rotatable bonds is 1. The summed E-state index contributed by atoms with van der Waals surface area (Å²) in [7, 11) is 0. The molecule has 0 bridgehead atoms. The van der Waals surface area contributed by atoms with Gasteiger partial charge in [0.2, 0.25) is 5.91 Å². The quantitative estimate of drug-likeness (QED) is 0.523. The Morgan fingerprint density at radius 3 is 3.09 bits per heavy atom. The van der Waals surface area contributed by atoms with Gasteiger partial charge < -0.3 is 9.64 Å². The third-order valence-electron chi connectivity index (χ3n) is 1.70. The van der Waals surface area contributed by atoms with Crippen molar-refractivity contribution in [3.05, 3.63) is 12.7 Å². The van der Waals surface area contributed by atoms with E-state index in [0.29, 0.717) is 6.73 Å². The third kappa shape index (κ3) is 2.35. The van der Waals surface area contributed by atoms with E-state index in [1.54, 1.807) is 4.90 Å². The van der Waals surface area contributed by atoms with E-state index in [4.69, 9.17) is 4.74 Å². The Balaban J connectivity index is 2.42. The average molecular weight is 155 g/mol. The molecule has 1 rings (SSSR count). The molecular formula is C8H13NO2. The van der Waals surface area contributed by atoms with E-state index in [1.165, 1.54) is 6.08 Å². The van der Waals surface area contributed by atoms with Gasteiger partial charge in [0, 0.05) is 13.2 Å². The molecule has 0 aromatic rings. The Morgan fingerprint density at radius 2 is 2.36 bits per heavy atom. The van der Waals surface area contributed by atoms with Crippen LogP contribution < -0.4 is 0 Å². The Morgan fingerprint density at radius 1 is 1.55 bits per heavy atom. The van der Waals surface area contributed by atoms with Crippen molar-refractivity contribution >= 4 is 5.91 Å². The molecule has 11 heavy (non-hydrogen) atoms. The molecule has 1 heterocycles. The minimum absolute atomic E-state index is 0.0353. The summed E-state index contributed by atoms with van der Waals surface area (Å²) in [6, 6.07) is 0. The van der Waals surface area contributed by atoms with Crippen LogP contribution in [0.2, 0.25) is 0 Å². The maximum atomic E-state index is 11.0. The van der Waals surface area contributed by atoms with Crippen LogP contribution in [0.15, 0.2) is 12.7 Å². The summed E-state index contributed by atoms with van der Waals surface area (Å²) in [5.74, 6) is -0.0353. The van der Waals surface area contributed by atoms with Crippen LogP contribution in [-0.2, 0) is 9.53 Å². The smallest absolute Gasteiger partial charge is 0.247 e. The molecule has 1 amide bonds. The lowest BCUT2D eigenvalue weighted by atomic mass is 10.3. The van der Waals surface area contributed by atoms with Crippen molar-refractivity contribution in [1.29, 1.82) is 0 Å². The number of amides is 1. The van der Waals surface area contributed by atoms with Gasteiger partial charge in [-0.05, 0) is 18.9 Å². The van der Waals surface area contributed by atoms with Gasteiger partial charge in [0.05, 0.1) is 0 Å². The molecule has 0 aliphatic carbocycles. The first kappa shape index (κ1) is 8.27. The van der Waals surface area contributed by atoms with E-state index < -0.39 is 0 Å². The van der Waals surface area contributed by atoms with Crippen LogP contribution in [0.25, 0.3) is 0 Å². The molecule has 1 aliphatic rings. The molecule has 3 heteroatoms. The summed E-state index contributed by atoms with van der Waals surface area (Å²) in [6.45, 7) is 5.40. The van der Waals surface area contributed by atoms with Crippen molar-refractivity contribution in [2.75, 3.05) is 19.9 Å². The maximum absolute atomic E-state index is 11.0. The molecule has 0 radical (unpaired) electrons. The molecule has 0 atom stereocenters. The number of hydrogen-bond donors (Lipinski definition) is 0. The highest BCUT2D eigenvalue weighted by atomic mass is 16.5. The van der Waals surface area contributed by atoms with Crippen molar-refractivity contribution in [1.82, 2.24) is 4.90 Å². The van der Waals surface area contributed by atoms with Gasteiger partial charge in [0.25, 0.3) is 0 Å². The largest absolute Gasteiger partial charge is 0.361 e. The summed E-state index contributed by atoms with van der Waals surface area (Å²) in [5.41, 5.74) is 0. The van der Waals surface area contributed by atoms with Gasteiger partial charge in [-0.1, -0.05) is 6.58 Å². The van der Waals surface area contributed by atoms with E-state index in [9.17, 15) is 4.79 Å². The first-order valence-corrected chi connectivity index (χ1v) is 3.83. The lowest BCUT2D eigenvalue weighted by molar-refractivity contribution is -0.130. The zero-order valence-electron chi connectivity index (χ0n) is 6.58.